The number of nitrogens with zero attached hydrogens (tertiary/aromatic N) is 1. The molecule has 2 aromatic carbocycles. The summed E-state index contributed by atoms with van der Waals surface area (Å²) in [5.74, 6) is -0.204. The normalized spacial score (nSPS) is 10.5. The lowest BCUT2D eigenvalue weighted by molar-refractivity contribution is -0.133. The summed E-state index contributed by atoms with van der Waals surface area (Å²) in [5.41, 5.74) is 6.40. The van der Waals surface area contributed by atoms with E-state index in [9.17, 15) is 9.59 Å². The predicted octanol–water partition coefficient (Wildman–Crippen LogP) is 3.95. The third-order valence-corrected chi connectivity index (χ3v) is 4.50. The van der Waals surface area contributed by atoms with Crippen LogP contribution < -0.4 is 5.32 Å². The van der Waals surface area contributed by atoms with Crippen LogP contribution in [0.3, 0.4) is 0 Å². The maximum atomic E-state index is 12.3. The average molecular weight is 352 g/mol. The molecule has 0 fully saturated rings. The second-order valence-electron chi connectivity index (χ2n) is 7.06. The van der Waals surface area contributed by atoms with Gasteiger partial charge in [0.1, 0.15) is 0 Å². The first kappa shape index (κ1) is 19.7. The third kappa shape index (κ3) is 5.45. The minimum absolute atomic E-state index is 0.0296. The SMILES string of the molecule is Cc1ccc(CCC(=O)N(C)CC(=O)Nc2c(C)cc(C)cc2C)cc1. The van der Waals surface area contributed by atoms with Gasteiger partial charge < -0.3 is 10.2 Å². The summed E-state index contributed by atoms with van der Waals surface area (Å²) in [6.45, 7) is 8.09. The fourth-order valence-corrected chi connectivity index (χ4v) is 3.06. The van der Waals surface area contributed by atoms with Gasteiger partial charge in [0.05, 0.1) is 6.54 Å². The number of nitrogens with one attached hydrogen (secondary N) is 1. The van der Waals surface area contributed by atoms with Crippen molar-refractivity contribution in [1.29, 1.82) is 0 Å². The number of rotatable bonds is 6. The molecule has 0 atom stereocenters. The zero-order chi connectivity index (χ0) is 19.3. The number of benzene rings is 2. The molecule has 0 saturated carbocycles. The van der Waals surface area contributed by atoms with Crippen molar-refractivity contribution in [2.75, 3.05) is 18.9 Å². The van der Waals surface area contributed by atoms with Crippen molar-refractivity contribution in [2.24, 2.45) is 0 Å². The molecule has 0 saturated heterocycles. The minimum Gasteiger partial charge on any atom is -0.336 e. The highest BCUT2D eigenvalue weighted by Gasteiger charge is 2.14. The van der Waals surface area contributed by atoms with E-state index in [4.69, 9.17) is 0 Å². The molecule has 1 N–H and O–H groups in total. The van der Waals surface area contributed by atoms with E-state index in [1.54, 1.807) is 7.05 Å². The Bertz CT molecular complexity index is 771. The van der Waals surface area contributed by atoms with E-state index in [1.807, 2.05) is 64.1 Å². The number of carbonyl (C=O) groups is 2. The maximum absolute atomic E-state index is 12.3. The second-order valence-corrected chi connectivity index (χ2v) is 7.06. The van der Waals surface area contributed by atoms with Crippen molar-refractivity contribution >= 4 is 17.5 Å². The molecule has 2 amide bonds. The molecule has 4 heteroatoms. The van der Waals surface area contributed by atoms with E-state index in [1.165, 1.54) is 16.0 Å². The van der Waals surface area contributed by atoms with Crippen LogP contribution >= 0.6 is 0 Å². The van der Waals surface area contributed by atoms with Crippen LogP contribution in [0.1, 0.15) is 34.2 Å². The first-order valence-electron chi connectivity index (χ1n) is 8.93. The van der Waals surface area contributed by atoms with Crippen molar-refractivity contribution in [3.8, 4) is 0 Å². The third-order valence-electron chi connectivity index (χ3n) is 4.50. The highest BCUT2D eigenvalue weighted by Crippen LogP contribution is 2.21. The molecule has 2 rings (SSSR count). The standard InChI is InChI=1S/C22H28N2O2/c1-15-6-8-19(9-7-15)10-11-21(26)24(5)14-20(25)23-22-17(3)12-16(2)13-18(22)4/h6-9,12-13H,10-11,14H2,1-5H3,(H,23,25). The lowest BCUT2D eigenvalue weighted by Gasteiger charge is -2.18. The molecule has 2 aromatic rings. The van der Waals surface area contributed by atoms with Crippen molar-refractivity contribution in [3.63, 3.8) is 0 Å². The summed E-state index contributed by atoms with van der Waals surface area (Å²) in [4.78, 5) is 26.1. The van der Waals surface area contributed by atoms with Gasteiger partial charge in [0, 0.05) is 19.2 Å². The van der Waals surface area contributed by atoms with Gasteiger partial charge in [-0.3, -0.25) is 9.59 Å². The monoisotopic (exact) mass is 352 g/mol. The Morgan fingerprint density at radius 1 is 0.923 bits per heavy atom. The molecular formula is C22H28N2O2. The topological polar surface area (TPSA) is 49.4 Å². The highest BCUT2D eigenvalue weighted by molar-refractivity contribution is 5.95. The molecule has 0 aliphatic rings. The number of amides is 2. The molecule has 0 radical (unpaired) electrons. The van der Waals surface area contributed by atoms with Crippen LogP contribution in [0, 0.1) is 27.7 Å². The van der Waals surface area contributed by atoms with Gasteiger partial charge in [-0.05, 0) is 50.8 Å². The van der Waals surface area contributed by atoms with Crippen molar-refractivity contribution in [3.05, 3.63) is 64.2 Å². The number of hydrogen-bond donors (Lipinski definition) is 1. The molecule has 0 spiro atoms. The fraction of sp³-hybridized carbons (Fsp3) is 0.364. The lowest BCUT2D eigenvalue weighted by atomic mass is 10.1. The van der Waals surface area contributed by atoms with Gasteiger partial charge in [0.2, 0.25) is 11.8 Å². The van der Waals surface area contributed by atoms with Gasteiger partial charge in [0.15, 0.2) is 0 Å². The molecular weight excluding hydrogens is 324 g/mol. The van der Waals surface area contributed by atoms with Crippen LogP contribution in [-0.4, -0.2) is 30.3 Å². The van der Waals surface area contributed by atoms with E-state index in [2.05, 4.69) is 5.32 Å². The van der Waals surface area contributed by atoms with Crippen molar-refractivity contribution < 1.29 is 9.59 Å². The average Bonchev–Trinajstić information content (AvgIpc) is 2.57. The Morgan fingerprint density at radius 3 is 2.08 bits per heavy atom. The number of carbonyl (C=O) groups excluding carboxylic acids is 2. The molecule has 0 bridgehead atoms. The number of aryl methyl sites for hydroxylation is 5. The summed E-state index contributed by atoms with van der Waals surface area (Å²) in [5, 5.41) is 2.94. The summed E-state index contributed by atoms with van der Waals surface area (Å²) in [6, 6.07) is 12.3. The molecule has 138 valence electrons. The van der Waals surface area contributed by atoms with Gasteiger partial charge in [-0.25, -0.2) is 0 Å². The summed E-state index contributed by atoms with van der Waals surface area (Å²) >= 11 is 0. The largest absolute Gasteiger partial charge is 0.336 e. The molecule has 0 unspecified atom stereocenters. The zero-order valence-corrected chi connectivity index (χ0v) is 16.3. The summed E-state index contributed by atoms with van der Waals surface area (Å²) < 4.78 is 0. The molecule has 26 heavy (non-hydrogen) atoms. The Balaban J connectivity index is 1.88. The van der Waals surface area contributed by atoms with Crippen molar-refractivity contribution in [2.45, 2.75) is 40.5 Å². The predicted molar refractivity (Wildman–Crippen MR) is 106 cm³/mol. The quantitative estimate of drug-likeness (QED) is 0.856. The molecule has 4 nitrogen and oxygen atoms in total. The van der Waals surface area contributed by atoms with Gasteiger partial charge in [-0.1, -0.05) is 47.5 Å². The van der Waals surface area contributed by atoms with Gasteiger partial charge in [0.25, 0.3) is 0 Å². The molecule has 0 aliphatic carbocycles. The lowest BCUT2D eigenvalue weighted by Crippen LogP contribution is -2.35. The van der Waals surface area contributed by atoms with Gasteiger partial charge >= 0.3 is 0 Å². The number of hydrogen-bond acceptors (Lipinski definition) is 2. The van der Waals surface area contributed by atoms with Crippen LogP contribution in [0.4, 0.5) is 5.69 Å². The van der Waals surface area contributed by atoms with E-state index in [-0.39, 0.29) is 18.4 Å². The Morgan fingerprint density at radius 2 is 1.50 bits per heavy atom. The van der Waals surface area contributed by atoms with Crippen LogP contribution in [0.15, 0.2) is 36.4 Å². The Kier molecular flexibility index (Phi) is 6.56. The van der Waals surface area contributed by atoms with E-state index < -0.39 is 0 Å². The van der Waals surface area contributed by atoms with Gasteiger partial charge in [-0.2, -0.15) is 0 Å². The van der Waals surface area contributed by atoms with E-state index in [0.29, 0.717) is 12.8 Å². The van der Waals surface area contributed by atoms with Crippen LogP contribution in [-0.2, 0) is 16.0 Å². The summed E-state index contributed by atoms with van der Waals surface area (Å²) in [6.07, 6.45) is 1.08. The number of anilines is 1. The molecule has 0 aromatic heterocycles. The Labute approximate surface area is 156 Å². The van der Waals surface area contributed by atoms with Gasteiger partial charge in [-0.15, -0.1) is 0 Å². The second kappa shape index (κ2) is 8.65. The Hall–Kier alpha value is -2.62. The van der Waals surface area contributed by atoms with Crippen LogP contribution in [0.25, 0.3) is 0 Å². The fourth-order valence-electron chi connectivity index (χ4n) is 3.06. The molecule has 0 heterocycles. The summed E-state index contributed by atoms with van der Waals surface area (Å²) in [7, 11) is 1.67. The van der Waals surface area contributed by atoms with E-state index >= 15 is 0 Å². The number of likely N-dealkylation sites (N-methyl/N-ethyl adjacent to an activating group) is 1. The van der Waals surface area contributed by atoms with E-state index in [0.717, 1.165) is 22.4 Å². The highest BCUT2D eigenvalue weighted by atomic mass is 16.2. The van der Waals surface area contributed by atoms with Crippen LogP contribution in [0.2, 0.25) is 0 Å². The minimum atomic E-state index is -0.175. The van der Waals surface area contributed by atoms with Crippen molar-refractivity contribution in [1.82, 2.24) is 4.90 Å². The smallest absolute Gasteiger partial charge is 0.243 e. The zero-order valence-electron chi connectivity index (χ0n) is 16.3. The first-order valence-corrected chi connectivity index (χ1v) is 8.93. The molecule has 0 aliphatic heterocycles. The maximum Gasteiger partial charge on any atom is 0.243 e. The first-order chi connectivity index (χ1) is 12.3. The van der Waals surface area contributed by atoms with Crippen LogP contribution in [0.5, 0.6) is 0 Å².